The highest BCUT2D eigenvalue weighted by Gasteiger charge is 2.33. The Bertz CT molecular complexity index is 813. The Kier molecular flexibility index (Phi) is 3.23. The van der Waals surface area contributed by atoms with Crippen molar-refractivity contribution in [2.75, 3.05) is 13.1 Å². The minimum absolute atomic E-state index is 0.0237. The molecule has 0 saturated carbocycles. The van der Waals surface area contributed by atoms with Gasteiger partial charge in [-0.1, -0.05) is 35.6 Å². The van der Waals surface area contributed by atoms with Gasteiger partial charge in [0.15, 0.2) is 0 Å². The third-order valence-corrected chi connectivity index (χ3v) is 4.29. The van der Waals surface area contributed by atoms with Crippen LogP contribution in [-0.4, -0.2) is 40.0 Å². The Morgan fingerprint density at radius 1 is 1.23 bits per heavy atom. The fraction of sp³-hybridized carbons (Fsp3) is 0.188. The zero-order chi connectivity index (χ0) is 14.9. The smallest absolute Gasteiger partial charge is 0.273 e. The second kappa shape index (κ2) is 5.38. The molecule has 3 aromatic rings. The molecular weight excluding hydrogens is 298 g/mol. The number of hydrogen-bond donors (Lipinski definition) is 0. The lowest BCUT2D eigenvalue weighted by Gasteiger charge is -2.38. The lowest BCUT2D eigenvalue weighted by molar-refractivity contribution is 0.0173. The molecule has 110 valence electrons. The quantitative estimate of drug-likeness (QED) is 0.746. The summed E-state index contributed by atoms with van der Waals surface area (Å²) < 4.78 is 5.67. The van der Waals surface area contributed by atoms with Crippen LogP contribution in [0.3, 0.4) is 0 Å². The molecule has 0 unspecified atom stereocenters. The van der Waals surface area contributed by atoms with Crippen molar-refractivity contribution in [2.24, 2.45) is 0 Å². The molecule has 0 aliphatic carbocycles. The zero-order valence-corrected chi connectivity index (χ0v) is 12.5. The van der Waals surface area contributed by atoms with Gasteiger partial charge in [0.05, 0.1) is 18.6 Å². The molecule has 1 aliphatic rings. The normalized spacial score (nSPS) is 14.8. The van der Waals surface area contributed by atoms with Gasteiger partial charge in [0.25, 0.3) is 11.1 Å². The van der Waals surface area contributed by atoms with E-state index >= 15 is 0 Å². The van der Waals surface area contributed by atoms with Gasteiger partial charge in [-0.15, -0.1) is 0 Å². The molecule has 0 atom stereocenters. The molecule has 5 nitrogen and oxygen atoms in total. The Morgan fingerprint density at radius 2 is 2.09 bits per heavy atom. The molecule has 1 saturated heterocycles. The molecule has 4 rings (SSSR count). The van der Waals surface area contributed by atoms with Gasteiger partial charge in [-0.25, -0.2) is 9.97 Å². The van der Waals surface area contributed by atoms with E-state index in [9.17, 15) is 4.79 Å². The van der Waals surface area contributed by atoms with E-state index in [0.717, 1.165) is 10.9 Å². The van der Waals surface area contributed by atoms with Gasteiger partial charge < -0.3 is 9.64 Å². The molecule has 22 heavy (non-hydrogen) atoms. The highest BCUT2D eigenvalue weighted by atomic mass is 32.1. The van der Waals surface area contributed by atoms with Gasteiger partial charge in [-0.2, -0.15) is 0 Å². The number of rotatable bonds is 3. The SMILES string of the molecule is O=C(c1ccc2ccccc2n1)N1CC(Oc2nccs2)C1. The largest absolute Gasteiger partial charge is 0.463 e. The van der Waals surface area contributed by atoms with Crippen LogP contribution in [0, 0.1) is 0 Å². The van der Waals surface area contributed by atoms with Crippen LogP contribution in [0.2, 0.25) is 0 Å². The van der Waals surface area contributed by atoms with Crippen LogP contribution in [0.5, 0.6) is 5.19 Å². The number of carbonyl (C=O) groups is 1. The Hall–Kier alpha value is -2.47. The second-order valence-corrected chi connectivity index (χ2v) is 5.99. The number of benzene rings is 1. The number of nitrogens with zero attached hydrogens (tertiary/aromatic N) is 3. The van der Waals surface area contributed by atoms with Gasteiger partial charge in [-0.05, 0) is 12.1 Å². The first-order chi connectivity index (χ1) is 10.8. The molecule has 3 heterocycles. The van der Waals surface area contributed by atoms with Crippen LogP contribution >= 0.6 is 11.3 Å². The van der Waals surface area contributed by atoms with Gasteiger partial charge in [0, 0.05) is 17.0 Å². The Morgan fingerprint density at radius 3 is 2.91 bits per heavy atom. The first-order valence-corrected chi connectivity index (χ1v) is 7.89. The highest BCUT2D eigenvalue weighted by molar-refractivity contribution is 7.11. The van der Waals surface area contributed by atoms with Crippen molar-refractivity contribution in [1.29, 1.82) is 0 Å². The third-order valence-electron chi connectivity index (χ3n) is 3.63. The lowest BCUT2D eigenvalue weighted by Crippen LogP contribution is -2.56. The summed E-state index contributed by atoms with van der Waals surface area (Å²) in [5, 5.41) is 3.56. The maximum Gasteiger partial charge on any atom is 0.273 e. The number of amides is 1. The van der Waals surface area contributed by atoms with E-state index in [-0.39, 0.29) is 12.0 Å². The summed E-state index contributed by atoms with van der Waals surface area (Å²) >= 11 is 1.46. The number of para-hydroxylation sites is 1. The second-order valence-electron chi connectivity index (χ2n) is 5.14. The van der Waals surface area contributed by atoms with Crippen LogP contribution < -0.4 is 4.74 Å². The minimum atomic E-state index is -0.0512. The van der Waals surface area contributed by atoms with Gasteiger partial charge in [0.1, 0.15) is 11.8 Å². The molecule has 2 aromatic heterocycles. The summed E-state index contributed by atoms with van der Waals surface area (Å²) in [6, 6.07) is 11.5. The number of hydrogen-bond acceptors (Lipinski definition) is 5. The van der Waals surface area contributed by atoms with E-state index in [1.807, 2.05) is 35.7 Å². The van der Waals surface area contributed by atoms with Crippen molar-refractivity contribution < 1.29 is 9.53 Å². The number of fused-ring (bicyclic) bond motifs is 1. The maximum atomic E-state index is 12.4. The molecule has 1 aromatic carbocycles. The van der Waals surface area contributed by atoms with E-state index in [0.29, 0.717) is 24.0 Å². The topological polar surface area (TPSA) is 55.3 Å². The summed E-state index contributed by atoms with van der Waals surface area (Å²) in [7, 11) is 0. The number of likely N-dealkylation sites (tertiary alicyclic amines) is 1. The predicted octanol–water partition coefficient (Wildman–Crippen LogP) is 2.59. The van der Waals surface area contributed by atoms with Crippen LogP contribution in [-0.2, 0) is 0 Å². The van der Waals surface area contributed by atoms with Crippen molar-refractivity contribution in [3.63, 3.8) is 0 Å². The zero-order valence-electron chi connectivity index (χ0n) is 11.7. The molecule has 0 N–H and O–H groups in total. The number of aromatic nitrogens is 2. The van der Waals surface area contributed by atoms with Crippen molar-refractivity contribution in [3.8, 4) is 5.19 Å². The van der Waals surface area contributed by atoms with Crippen molar-refractivity contribution >= 4 is 28.1 Å². The summed E-state index contributed by atoms with van der Waals surface area (Å²) in [5.41, 5.74) is 1.32. The average molecular weight is 311 g/mol. The van der Waals surface area contributed by atoms with Crippen LogP contribution in [0.4, 0.5) is 0 Å². The van der Waals surface area contributed by atoms with E-state index in [4.69, 9.17) is 4.74 Å². The molecule has 0 spiro atoms. The summed E-state index contributed by atoms with van der Waals surface area (Å²) in [6.07, 6.45) is 1.73. The van der Waals surface area contributed by atoms with Crippen molar-refractivity contribution in [1.82, 2.24) is 14.9 Å². The minimum Gasteiger partial charge on any atom is -0.463 e. The van der Waals surface area contributed by atoms with Gasteiger partial charge in [0.2, 0.25) is 0 Å². The number of pyridine rings is 1. The fourth-order valence-electron chi connectivity index (χ4n) is 2.44. The molecule has 1 fully saturated rings. The Labute approximate surface area is 131 Å². The molecule has 6 heteroatoms. The molecule has 1 aliphatic heterocycles. The van der Waals surface area contributed by atoms with Crippen molar-refractivity contribution in [3.05, 3.63) is 53.7 Å². The first-order valence-electron chi connectivity index (χ1n) is 7.01. The first kappa shape index (κ1) is 13.2. The molecule has 0 bridgehead atoms. The molecular formula is C16H13N3O2S. The van der Waals surface area contributed by atoms with E-state index < -0.39 is 0 Å². The van der Waals surface area contributed by atoms with Crippen LogP contribution in [0.1, 0.15) is 10.5 Å². The van der Waals surface area contributed by atoms with Crippen LogP contribution in [0.25, 0.3) is 10.9 Å². The fourth-order valence-corrected chi connectivity index (χ4v) is 2.99. The maximum absolute atomic E-state index is 12.4. The monoisotopic (exact) mass is 311 g/mol. The van der Waals surface area contributed by atoms with Gasteiger partial charge >= 0.3 is 0 Å². The van der Waals surface area contributed by atoms with E-state index in [1.165, 1.54) is 11.3 Å². The van der Waals surface area contributed by atoms with Crippen LogP contribution in [0.15, 0.2) is 48.0 Å². The lowest BCUT2D eigenvalue weighted by atomic mass is 10.1. The highest BCUT2D eigenvalue weighted by Crippen LogP contribution is 2.21. The van der Waals surface area contributed by atoms with Crippen molar-refractivity contribution in [2.45, 2.75) is 6.10 Å². The predicted molar refractivity (Wildman–Crippen MR) is 84.2 cm³/mol. The van der Waals surface area contributed by atoms with E-state index in [2.05, 4.69) is 9.97 Å². The summed E-state index contributed by atoms with van der Waals surface area (Å²) in [4.78, 5) is 22.7. The number of carbonyl (C=O) groups excluding carboxylic acids is 1. The summed E-state index contributed by atoms with van der Waals surface area (Å²) in [5.74, 6) is -0.0512. The molecule has 0 radical (unpaired) electrons. The van der Waals surface area contributed by atoms with E-state index in [1.54, 1.807) is 17.2 Å². The number of ether oxygens (including phenoxy) is 1. The standard InChI is InChI=1S/C16H13N3O2S/c20-15(14-6-5-11-3-1-2-4-13(11)18-14)19-9-12(10-19)21-16-17-7-8-22-16/h1-8,12H,9-10H2. The Balaban J connectivity index is 1.44. The molecule has 1 amide bonds. The summed E-state index contributed by atoms with van der Waals surface area (Å²) in [6.45, 7) is 1.15. The van der Waals surface area contributed by atoms with Gasteiger partial charge in [-0.3, -0.25) is 4.79 Å². The average Bonchev–Trinajstić information content (AvgIpc) is 3.02. The third kappa shape index (κ3) is 2.42. The number of thiazole rings is 1.